The molecule has 0 fully saturated rings. The van der Waals surface area contributed by atoms with Gasteiger partial charge in [-0.15, -0.1) is 0 Å². The smallest absolute Gasteiger partial charge is 0.534 e. The zero-order valence-corrected chi connectivity index (χ0v) is 42.8. The van der Waals surface area contributed by atoms with Crippen molar-refractivity contribution in [2.45, 2.75) is 47.5 Å². The SMILES string of the molecule is C.C.C[SiH2]C.C[SiH2]O.C[SiH2]O.O.O=[Si](O)O[SiH2]O.O=[Si](OC(O[Si](=O)[SiH2]O[SiH2]O)O[SiH](O[SiH3])O[SiH2]O)[SiH2]O[SiH2]O.OO.OO. The van der Waals surface area contributed by atoms with Gasteiger partial charge in [0.2, 0.25) is 0 Å². The van der Waals surface area contributed by atoms with Crippen molar-refractivity contribution >= 4 is 134 Å². The van der Waals surface area contributed by atoms with Crippen LogP contribution in [0.2, 0.25) is 26.2 Å². The largest absolute Gasteiger partial charge is 0.750 e. The molecule has 0 bridgehead atoms. The monoisotopic (exact) mass is 900 g/mol. The summed E-state index contributed by atoms with van der Waals surface area (Å²) in [5.41, 5.74) is 0. The van der Waals surface area contributed by atoms with Crippen molar-refractivity contribution < 1.29 is 107 Å². The van der Waals surface area contributed by atoms with Gasteiger partial charge >= 0.3 is 52.1 Å². The summed E-state index contributed by atoms with van der Waals surface area (Å²) in [4.78, 5) is 57.1. The van der Waals surface area contributed by atoms with E-state index in [0.29, 0.717) is 9.52 Å². The fourth-order valence-corrected chi connectivity index (χ4v) is 13.8. The molecular formula is C7H56O23Si14. The second kappa shape index (κ2) is 74.7. The van der Waals surface area contributed by atoms with Crippen molar-refractivity contribution in [1.29, 1.82) is 0 Å². The summed E-state index contributed by atoms with van der Waals surface area (Å²) < 4.78 is 71.2. The molecule has 0 heterocycles. The van der Waals surface area contributed by atoms with E-state index in [9.17, 15) is 13.4 Å². The van der Waals surface area contributed by atoms with Gasteiger partial charge in [-0.25, -0.2) is 0 Å². The maximum atomic E-state index is 11.6. The minimum Gasteiger partial charge on any atom is -0.534 e. The summed E-state index contributed by atoms with van der Waals surface area (Å²) in [6.07, 6.45) is 0. The molecule has 0 aliphatic carbocycles. The highest BCUT2D eigenvalue weighted by Gasteiger charge is 2.28. The van der Waals surface area contributed by atoms with E-state index in [1.54, 1.807) is 0 Å². The number of hydrogen-bond acceptors (Lipinski definition) is 21. The second-order valence-corrected chi connectivity index (χ2v) is 25.5. The van der Waals surface area contributed by atoms with E-state index in [2.05, 4.69) is 17.2 Å². The number of rotatable bonds is 17. The maximum absolute atomic E-state index is 11.6. The van der Waals surface area contributed by atoms with Gasteiger partial charge in [0.1, 0.15) is 10.5 Å². The van der Waals surface area contributed by atoms with E-state index in [-0.39, 0.29) is 30.8 Å². The zero-order chi connectivity index (χ0) is 33.9. The van der Waals surface area contributed by atoms with E-state index in [1.165, 1.54) is 0 Å². The molecule has 44 heavy (non-hydrogen) atoms. The predicted octanol–water partition coefficient (Wildman–Crippen LogP) is -13.3. The molecule has 0 amide bonds. The molecule has 0 saturated carbocycles. The molecule has 1 atom stereocenters. The third-order valence-electron chi connectivity index (χ3n) is 1.89. The predicted molar refractivity (Wildman–Crippen MR) is 192 cm³/mol. The molecule has 0 aliphatic heterocycles. The van der Waals surface area contributed by atoms with Gasteiger partial charge in [0.25, 0.3) is 48.6 Å². The quantitative estimate of drug-likeness (QED) is 0.0279. The Kier molecular flexibility index (Phi) is 121. The van der Waals surface area contributed by atoms with E-state index >= 15 is 0 Å². The molecule has 278 valence electrons. The molecule has 0 spiro atoms. The molecule has 0 saturated heterocycles. The van der Waals surface area contributed by atoms with Crippen LogP contribution < -0.4 is 0 Å². The molecular weight excluding hydrogens is 845 g/mol. The fraction of sp³-hybridized carbons (Fsp3) is 1.00. The zero-order valence-electron chi connectivity index (χ0n) is 23.9. The highest BCUT2D eigenvalue weighted by molar-refractivity contribution is 6.99. The van der Waals surface area contributed by atoms with E-state index in [4.69, 9.17) is 84.3 Å². The van der Waals surface area contributed by atoms with Gasteiger partial charge in [-0.3, -0.25) is 25.5 Å². The Morgan fingerprint density at radius 1 is 0.705 bits per heavy atom. The lowest BCUT2D eigenvalue weighted by Gasteiger charge is -2.22. The van der Waals surface area contributed by atoms with Crippen LogP contribution in [0.25, 0.3) is 0 Å². The van der Waals surface area contributed by atoms with Crippen molar-refractivity contribution in [3.05, 3.63) is 0 Å². The van der Waals surface area contributed by atoms with Crippen LogP contribution in [-0.4, -0.2) is 200 Å². The lowest BCUT2D eigenvalue weighted by molar-refractivity contribution is -0.176. The Balaban J connectivity index is -0.0000000544. The second-order valence-electron chi connectivity index (χ2n) is 5.06. The normalized spacial score (nSPS) is 11.5. The third-order valence-corrected chi connectivity index (χ3v) is 17.6. The van der Waals surface area contributed by atoms with Gasteiger partial charge in [-0.2, -0.15) is 0 Å². The molecule has 23 nitrogen and oxygen atoms in total. The molecule has 13 N–H and O–H groups in total. The van der Waals surface area contributed by atoms with Crippen molar-refractivity contribution in [1.82, 2.24) is 0 Å². The summed E-state index contributed by atoms with van der Waals surface area (Å²) in [7, 11) is -21.1. The number of hydrogen-bond donors (Lipinski definition) is 11. The summed E-state index contributed by atoms with van der Waals surface area (Å²) in [6.45, 7) is 6.64. The average molecular weight is 902 g/mol. The Hall–Kier alpha value is 0.996. The van der Waals surface area contributed by atoms with Crippen molar-refractivity contribution in [2.24, 2.45) is 0 Å². The fourth-order valence-electron chi connectivity index (χ4n) is 0.990. The van der Waals surface area contributed by atoms with Crippen LogP contribution in [0.3, 0.4) is 0 Å². The summed E-state index contributed by atoms with van der Waals surface area (Å²) in [5.74, 6) is 0. The van der Waals surface area contributed by atoms with Crippen LogP contribution in [0, 0.1) is 0 Å². The van der Waals surface area contributed by atoms with Gasteiger partial charge in [-0.05, 0) is 0 Å². The molecule has 1 unspecified atom stereocenters. The topological polar surface area (TPSA) is 379 Å². The first-order valence-corrected chi connectivity index (χ1v) is 34.5. The standard InChI is InChI=1S/C2H8Si.CH18O12Si9.2CH6OSi.2CH4.H4O4Si2.2H2O2.H2O/c1-3-2;2-15-11-18-20(5)7-1(8-21(6)19-12-16-3)9-22(10-14)13-17-4;2*1-3-2;;;1-5-4-6(2)3;2*1-2;/h3H2,1-2H3;1-4,22H,15-19H2,14H3;2*2H,3H2,1H3;2*1H4;1-2H,5H2;2*1-2H;1H2. The van der Waals surface area contributed by atoms with Crippen molar-refractivity contribution in [2.75, 3.05) is 0 Å². The first kappa shape index (κ1) is 71.1. The summed E-state index contributed by atoms with van der Waals surface area (Å²) in [6, 6.07) is 0. The van der Waals surface area contributed by atoms with E-state index in [0.717, 1.165) is 0 Å². The Morgan fingerprint density at radius 3 is 1.20 bits per heavy atom. The minimum absolute atomic E-state index is 0. The van der Waals surface area contributed by atoms with Crippen LogP contribution in [0.4, 0.5) is 0 Å². The van der Waals surface area contributed by atoms with Crippen molar-refractivity contribution in [3.8, 4) is 0 Å². The Bertz CT molecular complexity index is 464. The Morgan fingerprint density at radius 2 is 1.02 bits per heavy atom. The molecule has 0 rings (SSSR count). The van der Waals surface area contributed by atoms with E-state index in [1.807, 2.05) is 13.1 Å². The van der Waals surface area contributed by atoms with Crippen LogP contribution >= 0.6 is 0 Å². The van der Waals surface area contributed by atoms with Gasteiger partial charge in [0.15, 0.2) is 19.5 Å². The highest BCUT2D eigenvalue weighted by atomic mass is 29.2. The van der Waals surface area contributed by atoms with Crippen LogP contribution in [0.15, 0.2) is 0 Å². The Labute approximate surface area is 287 Å². The van der Waals surface area contributed by atoms with Gasteiger partial charge in [-0.1, -0.05) is 41.0 Å². The maximum Gasteiger partial charge on any atom is 0.750 e. The first-order valence-electron chi connectivity index (χ1n) is 10.8. The molecule has 0 aliphatic rings. The highest BCUT2D eigenvalue weighted by Crippen LogP contribution is 2.02. The van der Waals surface area contributed by atoms with E-state index < -0.39 is 120 Å². The molecule has 37 heteroatoms. The minimum atomic E-state index is -2.82. The van der Waals surface area contributed by atoms with Crippen LogP contribution in [0.5, 0.6) is 0 Å². The van der Waals surface area contributed by atoms with Gasteiger partial charge in [0, 0.05) is 9.52 Å². The van der Waals surface area contributed by atoms with Gasteiger partial charge in [0.05, 0.1) is 0 Å². The molecule has 0 aromatic heterocycles. The molecule has 0 aromatic rings. The van der Waals surface area contributed by atoms with Crippen molar-refractivity contribution in [3.63, 3.8) is 0 Å². The van der Waals surface area contributed by atoms with Gasteiger partial charge < -0.3 is 81.8 Å². The first-order chi connectivity index (χ1) is 19.6. The lowest BCUT2D eigenvalue weighted by atomic mass is 11.4. The average Bonchev–Trinajstić information content (AvgIpc) is 2.94. The molecule has 0 radical (unpaired) electrons. The third kappa shape index (κ3) is 90.2. The van der Waals surface area contributed by atoms with Crippen LogP contribution in [-0.2, 0) is 47.2 Å². The molecule has 0 aromatic carbocycles. The summed E-state index contributed by atoms with van der Waals surface area (Å²) in [5, 5.41) is 24.0. The lowest BCUT2D eigenvalue weighted by Crippen LogP contribution is -2.41. The summed E-state index contributed by atoms with van der Waals surface area (Å²) >= 11 is 0. The van der Waals surface area contributed by atoms with Crippen LogP contribution in [0.1, 0.15) is 14.9 Å².